The van der Waals surface area contributed by atoms with Crippen LogP contribution in [0.3, 0.4) is 0 Å². The van der Waals surface area contributed by atoms with Crippen LogP contribution in [0.15, 0.2) is 24.7 Å². The zero-order valence-electron chi connectivity index (χ0n) is 16.1. The molecule has 5 rings (SSSR count). The summed E-state index contributed by atoms with van der Waals surface area (Å²) < 4.78 is 0. The molecule has 4 heterocycles. The molecule has 1 saturated carbocycles. The predicted octanol–water partition coefficient (Wildman–Crippen LogP) is 2.53. The first-order chi connectivity index (χ1) is 13.1. The second-order valence-electron chi connectivity index (χ2n) is 8.09. The van der Waals surface area contributed by atoms with E-state index in [0.717, 1.165) is 49.9 Å². The van der Waals surface area contributed by atoms with E-state index < -0.39 is 0 Å². The maximum atomic E-state index is 9.25. The Morgan fingerprint density at radius 1 is 1.21 bits per heavy atom. The Kier molecular flexibility index (Phi) is 4.64. The second kappa shape index (κ2) is 6.87. The van der Waals surface area contributed by atoms with Crippen molar-refractivity contribution >= 4 is 29.9 Å². The Bertz CT molecular complexity index is 936. The van der Waals surface area contributed by atoms with Crippen LogP contribution in [-0.4, -0.2) is 46.7 Å². The number of piperazine rings is 1. The number of nitriles is 1. The monoisotopic (exact) mass is 397 g/mol. The number of fused-ring (bicyclic) bond motifs is 2. The zero-order valence-corrected chi connectivity index (χ0v) is 16.9. The third-order valence-corrected chi connectivity index (χ3v) is 6.10. The molecule has 28 heavy (non-hydrogen) atoms. The Morgan fingerprint density at radius 2 is 2.00 bits per heavy atom. The van der Waals surface area contributed by atoms with Gasteiger partial charge in [-0.1, -0.05) is 0 Å². The van der Waals surface area contributed by atoms with Crippen molar-refractivity contribution in [2.45, 2.75) is 44.2 Å². The Balaban J connectivity index is 0.00000192. The molecular formula is C20H24ClN7. The summed E-state index contributed by atoms with van der Waals surface area (Å²) >= 11 is 0. The molecule has 8 heteroatoms. The topological polar surface area (TPSA) is 81.0 Å². The summed E-state index contributed by atoms with van der Waals surface area (Å²) in [7, 11) is 0. The van der Waals surface area contributed by atoms with Gasteiger partial charge in [0.25, 0.3) is 0 Å². The van der Waals surface area contributed by atoms with Gasteiger partial charge in [-0.15, -0.1) is 12.4 Å². The molecule has 2 fully saturated rings. The zero-order chi connectivity index (χ0) is 18.6. The van der Waals surface area contributed by atoms with Crippen molar-refractivity contribution in [2.24, 2.45) is 0 Å². The molecule has 7 nitrogen and oxygen atoms in total. The summed E-state index contributed by atoms with van der Waals surface area (Å²) in [5.74, 6) is 2.83. The van der Waals surface area contributed by atoms with Crippen molar-refractivity contribution in [3.05, 3.63) is 35.8 Å². The van der Waals surface area contributed by atoms with Gasteiger partial charge in [0.05, 0.1) is 11.6 Å². The van der Waals surface area contributed by atoms with Crippen molar-refractivity contribution in [3.63, 3.8) is 0 Å². The van der Waals surface area contributed by atoms with Crippen LogP contribution < -0.4 is 15.1 Å². The van der Waals surface area contributed by atoms with Crippen molar-refractivity contribution in [3.8, 4) is 6.07 Å². The van der Waals surface area contributed by atoms with Gasteiger partial charge in [0.1, 0.15) is 23.8 Å². The molecule has 0 radical (unpaired) electrons. The molecule has 0 unspecified atom stereocenters. The molecule has 2 aromatic heterocycles. The minimum Gasteiger partial charge on any atom is -0.351 e. The second-order valence-corrected chi connectivity index (χ2v) is 8.09. The fraction of sp³-hybridized carbons (Fsp3) is 0.500. The summed E-state index contributed by atoms with van der Waals surface area (Å²) in [6.07, 6.45) is 5.69. The molecule has 0 amide bonds. The van der Waals surface area contributed by atoms with E-state index in [1.807, 2.05) is 6.07 Å². The summed E-state index contributed by atoms with van der Waals surface area (Å²) in [5.41, 5.74) is 2.02. The summed E-state index contributed by atoms with van der Waals surface area (Å²) in [6.45, 7) is 7.24. The number of aromatic nitrogens is 3. The molecule has 1 N–H and O–H groups in total. The van der Waals surface area contributed by atoms with E-state index >= 15 is 0 Å². The van der Waals surface area contributed by atoms with Crippen LogP contribution in [0.2, 0.25) is 0 Å². The molecule has 146 valence electrons. The lowest BCUT2D eigenvalue weighted by atomic mass is 9.99. The summed E-state index contributed by atoms with van der Waals surface area (Å²) in [4.78, 5) is 18.5. The van der Waals surface area contributed by atoms with Gasteiger partial charge in [0.2, 0.25) is 0 Å². The molecule has 3 aliphatic rings. The number of nitrogens with zero attached hydrogens (tertiary/aromatic N) is 6. The van der Waals surface area contributed by atoms with Gasteiger partial charge in [0, 0.05) is 48.9 Å². The number of nitrogens with one attached hydrogen (secondary N) is 1. The van der Waals surface area contributed by atoms with Crippen LogP contribution in [0.25, 0.3) is 0 Å². The molecule has 2 aliphatic heterocycles. The van der Waals surface area contributed by atoms with E-state index in [4.69, 9.17) is 4.98 Å². The van der Waals surface area contributed by atoms with E-state index in [1.165, 1.54) is 5.56 Å². The van der Waals surface area contributed by atoms with E-state index in [-0.39, 0.29) is 17.8 Å². The maximum Gasteiger partial charge on any atom is 0.143 e. The van der Waals surface area contributed by atoms with Crippen LogP contribution in [0.4, 0.5) is 17.5 Å². The quantitative estimate of drug-likeness (QED) is 0.833. The van der Waals surface area contributed by atoms with Crippen LogP contribution in [0, 0.1) is 11.3 Å². The SMILES string of the molecule is C[C@@H]1CN(c2ncnc3c2C2(CC2)CN3c2cc(C#N)ccn2)[C@@H](C)CN1.Cl. The van der Waals surface area contributed by atoms with Gasteiger partial charge in [-0.25, -0.2) is 15.0 Å². The third kappa shape index (κ3) is 2.88. The minimum absolute atomic E-state index is 0. The Hall–Kier alpha value is -2.43. The lowest BCUT2D eigenvalue weighted by molar-refractivity contribution is 0.421. The summed E-state index contributed by atoms with van der Waals surface area (Å²) in [6, 6.07) is 6.63. The van der Waals surface area contributed by atoms with Crippen LogP contribution >= 0.6 is 12.4 Å². The number of halogens is 1. The van der Waals surface area contributed by atoms with E-state index in [0.29, 0.717) is 17.6 Å². The fourth-order valence-corrected chi connectivity index (χ4v) is 4.42. The molecule has 1 spiro atoms. The Labute approximate surface area is 171 Å². The normalized spacial score (nSPS) is 24.5. The lowest BCUT2D eigenvalue weighted by Gasteiger charge is -2.39. The molecule has 1 saturated heterocycles. The smallest absolute Gasteiger partial charge is 0.143 e. The first-order valence-corrected chi connectivity index (χ1v) is 9.60. The predicted molar refractivity (Wildman–Crippen MR) is 110 cm³/mol. The molecule has 0 aromatic carbocycles. The standard InChI is InChI=1S/C20H23N7.ClH/c1-13-10-26(14(2)9-23-13)18-17-19(25-12-24-18)27(11-20(17)4-5-20)16-7-15(8-21)3-6-22-16;/h3,6-7,12-14,23H,4-5,9-11H2,1-2H3;1H/t13-,14+;/m1./s1. The highest BCUT2D eigenvalue weighted by molar-refractivity contribution is 5.85. The third-order valence-electron chi connectivity index (χ3n) is 6.10. The van der Waals surface area contributed by atoms with E-state index in [9.17, 15) is 5.26 Å². The number of pyridine rings is 1. The van der Waals surface area contributed by atoms with E-state index in [1.54, 1.807) is 18.6 Å². The lowest BCUT2D eigenvalue weighted by Crippen LogP contribution is -2.55. The number of rotatable bonds is 2. The average molecular weight is 398 g/mol. The molecule has 1 aliphatic carbocycles. The fourth-order valence-electron chi connectivity index (χ4n) is 4.42. The van der Waals surface area contributed by atoms with Gasteiger partial charge in [-0.2, -0.15) is 5.26 Å². The van der Waals surface area contributed by atoms with Gasteiger partial charge >= 0.3 is 0 Å². The van der Waals surface area contributed by atoms with Crippen molar-refractivity contribution < 1.29 is 0 Å². The van der Waals surface area contributed by atoms with Crippen molar-refractivity contribution in [1.82, 2.24) is 20.3 Å². The van der Waals surface area contributed by atoms with Crippen molar-refractivity contribution in [1.29, 1.82) is 5.26 Å². The molecule has 2 atom stereocenters. The van der Waals surface area contributed by atoms with Gasteiger partial charge in [-0.3, -0.25) is 0 Å². The maximum absolute atomic E-state index is 9.25. The highest BCUT2D eigenvalue weighted by Gasteiger charge is 2.55. The number of hydrogen-bond donors (Lipinski definition) is 1. The molecule has 0 bridgehead atoms. The summed E-state index contributed by atoms with van der Waals surface area (Å²) in [5, 5.41) is 12.8. The van der Waals surface area contributed by atoms with E-state index in [2.05, 4.69) is 45.0 Å². The van der Waals surface area contributed by atoms with Gasteiger partial charge in [-0.05, 0) is 38.8 Å². The first kappa shape index (κ1) is 18.9. The number of anilines is 3. The highest BCUT2D eigenvalue weighted by atomic mass is 35.5. The minimum atomic E-state index is 0. The largest absolute Gasteiger partial charge is 0.351 e. The highest BCUT2D eigenvalue weighted by Crippen LogP contribution is 2.59. The van der Waals surface area contributed by atoms with Crippen molar-refractivity contribution in [2.75, 3.05) is 29.4 Å². The molecule has 2 aromatic rings. The van der Waals surface area contributed by atoms with Gasteiger partial charge < -0.3 is 15.1 Å². The van der Waals surface area contributed by atoms with Crippen LogP contribution in [0.5, 0.6) is 0 Å². The van der Waals surface area contributed by atoms with Crippen LogP contribution in [0.1, 0.15) is 37.8 Å². The van der Waals surface area contributed by atoms with Crippen LogP contribution in [-0.2, 0) is 5.41 Å². The first-order valence-electron chi connectivity index (χ1n) is 9.60. The number of hydrogen-bond acceptors (Lipinski definition) is 7. The van der Waals surface area contributed by atoms with Gasteiger partial charge in [0.15, 0.2) is 0 Å². The Morgan fingerprint density at radius 3 is 2.75 bits per heavy atom. The average Bonchev–Trinajstić information content (AvgIpc) is 3.39. The molecular weight excluding hydrogens is 374 g/mol.